The standard InChI is InChI=1S/C19H12BrFN2O3S/c1-10-5-6-11-3-2-4-17(18(11)22-10)27(25)23-19(24)16-9-13-14(21)7-12(20)8-15(13)26-16/h2-9H,1H3,(H,23,24). The van der Waals surface area contributed by atoms with Crippen molar-refractivity contribution in [3.05, 3.63) is 70.3 Å². The maximum Gasteiger partial charge on any atom is 0.328 e. The van der Waals surface area contributed by atoms with Gasteiger partial charge < -0.3 is 8.97 Å². The highest BCUT2D eigenvalue weighted by Crippen LogP contribution is 2.27. The van der Waals surface area contributed by atoms with E-state index in [-0.39, 0.29) is 16.7 Å². The van der Waals surface area contributed by atoms with Crippen LogP contribution in [0, 0.1) is 12.7 Å². The molecule has 5 nitrogen and oxygen atoms in total. The summed E-state index contributed by atoms with van der Waals surface area (Å²) in [7, 11) is 0. The van der Waals surface area contributed by atoms with E-state index in [2.05, 4.69) is 25.6 Å². The van der Waals surface area contributed by atoms with Crippen LogP contribution in [0.25, 0.3) is 21.9 Å². The van der Waals surface area contributed by atoms with Gasteiger partial charge in [-0.2, -0.15) is 4.72 Å². The van der Waals surface area contributed by atoms with Gasteiger partial charge >= 0.3 is 5.91 Å². The van der Waals surface area contributed by atoms with Crippen LogP contribution >= 0.6 is 15.9 Å². The average molecular weight is 447 g/mol. The lowest BCUT2D eigenvalue weighted by molar-refractivity contribution is 0.0956. The lowest BCUT2D eigenvalue weighted by Crippen LogP contribution is -2.30. The molecule has 136 valence electrons. The molecular weight excluding hydrogens is 435 g/mol. The Morgan fingerprint density at radius 1 is 1.26 bits per heavy atom. The number of rotatable bonds is 3. The summed E-state index contributed by atoms with van der Waals surface area (Å²) in [5, 5.41) is 0.993. The highest BCUT2D eigenvalue weighted by molar-refractivity contribution is 9.10. The van der Waals surface area contributed by atoms with Gasteiger partial charge in [-0.1, -0.05) is 34.1 Å². The first kappa shape index (κ1) is 18.0. The summed E-state index contributed by atoms with van der Waals surface area (Å²) in [6.45, 7) is 1.83. The summed E-state index contributed by atoms with van der Waals surface area (Å²) < 4.78 is 35.0. The van der Waals surface area contributed by atoms with Crippen LogP contribution in [0.5, 0.6) is 0 Å². The van der Waals surface area contributed by atoms with Crippen LogP contribution in [-0.2, 0) is 11.4 Å². The van der Waals surface area contributed by atoms with Crippen molar-refractivity contribution in [3.8, 4) is 0 Å². The van der Waals surface area contributed by atoms with E-state index in [1.807, 2.05) is 25.1 Å². The Labute approximate surface area is 165 Å². The molecule has 0 saturated heterocycles. The van der Waals surface area contributed by atoms with E-state index >= 15 is 0 Å². The van der Waals surface area contributed by atoms with Crippen molar-refractivity contribution in [2.24, 2.45) is 0 Å². The van der Waals surface area contributed by atoms with Crippen molar-refractivity contribution in [3.63, 3.8) is 0 Å². The number of amides is 1. The molecule has 1 amide bonds. The van der Waals surface area contributed by atoms with E-state index in [1.165, 1.54) is 12.1 Å². The fourth-order valence-electron chi connectivity index (χ4n) is 2.73. The van der Waals surface area contributed by atoms with E-state index in [0.29, 0.717) is 14.9 Å². The maximum absolute atomic E-state index is 14.0. The highest BCUT2D eigenvalue weighted by Gasteiger charge is 2.23. The van der Waals surface area contributed by atoms with E-state index in [0.717, 1.165) is 11.1 Å². The van der Waals surface area contributed by atoms with Crippen molar-refractivity contribution in [2.45, 2.75) is 11.8 Å². The molecule has 2 aromatic carbocycles. The number of hydrogen-bond donors (Lipinski definition) is 1. The van der Waals surface area contributed by atoms with Gasteiger partial charge in [-0.15, -0.1) is 0 Å². The minimum atomic E-state index is -1.85. The number of benzene rings is 2. The molecule has 1 unspecified atom stereocenters. The first-order valence-electron chi connectivity index (χ1n) is 7.90. The molecule has 0 aliphatic carbocycles. The number of carbonyl (C=O) groups excluding carboxylic acids is 1. The van der Waals surface area contributed by atoms with Crippen molar-refractivity contribution >= 4 is 55.1 Å². The summed E-state index contributed by atoms with van der Waals surface area (Å²) >= 11 is 1.32. The third-order valence-corrected chi connectivity index (χ3v) is 5.54. The normalized spacial score (nSPS) is 12.4. The number of para-hydroxylation sites is 1. The molecule has 0 bridgehead atoms. The van der Waals surface area contributed by atoms with Crippen LogP contribution in [0.4, 0.5) is 4.39 Å². The Kier molecular flexibility index (Phi) is 4.63. The van der Waals surface area contributed by atoms with Gasteiger partial charge in [-0.3, -0.25) is 4.79 Å². The van der Waals surface area contributed by atoms with Gasteiger partial charge in [0.15, 0.2) is 5.76 Å². The fourth-order valence-corrected chi connectivity index (χ4v) is 4.06. The van der Waals surface area contributed by atoms with Crippen LogP contribution in [0.3, 0.4) is 0 Å². The SMILES string of the molecule is Cc1ccc2cccc([S+]([O-])NC(=O)c3cc4c(F)cc(Br)cc4o3)c2n1. The molecule has 0 saturated carbocycles. The number of halogens is 2. The van der Waals surface area contributed by atoms with E-state index in [9.17, 15) is 13.7 Å². The first-order chi connectivity index (χ1) is 12.9. The highest BCUT2D eigenvalue weighted by atomic mass is 79.9. The molecule has 1 N–H and O–H groups in total. The molecule has 8 heteroatoms. The van der Waals surface area contributed by atoms with Crippen molar-refractivity contribution in [1.29, 1.82) is 0 Å². The Balaban J connectivity index is 1.65. The second kappa shape index (κ2) is 6.95. The van der Waals surface area contributed by atoms with Crippen LogP contribution in [0.2, 0.25) is 0 Å². The Morgan fingerprint density at radius 3 is 2.89 bits per heavy atom. The van der Waals surface area contributed by atoms with Gasteiger partial charge in [0.05, 0.1) is 5.39 Å². The number of fused-ring (bicyclic) bond motifs is 2. The molecule has 0 spiro atoms. The minimum Gasteiger partial charge on any atom is -0.588 e. The van der Waals surface area contributed by atoms with Crippen LogP contribution in [0.1, 0.15) is 16.2 Å². The van der Waals surface area contributed by atoms with Crippen LogP contribution < -0.4 is 4.72 Å². The number of carbonyl (C=O) groups is 1. The van der Waals surface area contributed by atoms with Crippen molar-refractivity contribution in [2.75, 3.05) is 0 Å². The number of aromatic nitrogens is 1. The van der Waals surface area contributed by atoms with Crippen LogP contribution in [0.15, 0.2) is 62.3 Å². The average Bonchev–Trinajstić information content (AvgIpc) is 3.05. The van der Waals surface area contributed by atoms with Gasteiger partial charge in [-0.05, 0) is 31.2 Å². The molecule has 4 rings (SSSR count). The van der Waals surface area contributed by atoms with Gasteiger partial charge in [0, 0.05) is 21.6 Å². The monoisotopic (exact) mass is 446 g/mol. The number of pyridine rings is 1. The summed E-state index contributed by atoms with van der Waals surface area (Å²) in [4.78, 5) is 17.2. The molecule has 1 atom stereocenters. The van der Waals surface area contributed by atoms with E-state index < -0.39 is 23.1 Å². The third-order valence-electron chi connectivity index (χ3n) is 3.98. The number of furan rings is 1. The first-order valence-corrected chi connectivity index (χ1v) is 9.84. The second-order valence-electron chi connectivity index (χ2n) is 5.89. The summed E-state index contributed by atoms with van der Waals surface area (Å²) in [6, 6.07) is 13.1. The fraction of sp³-hybridized carbons (Fsp3) is 0.0526. The largest absolute Gasteiger partial charge is 0.588 e. The molecule has 0 radical (unpaired) electrons. The van der Waals surface area contributed by atoms with Crippen molar-refractivity contribution in [1.82, 2.24) is 9.71 Å². The smallest absolute Gasteiger partial charge is 0.328 e. The molecule has 4 aromatic rings. The third kappa shape index (κ3) is 3.43. The zero-order valence-corrected chi connectivity index (χ0v) is 16.4. The quantitative estimate of drug-likeness (QED) is 0.464. The molecule has 27 heavy (non-hydrogen) atoms. The molecule has 0 aliphatic rings. The Hall–Kier alpha value is -2.42. The number of aryl methyl sites for hydroxylation is 1. The zero-order valence-electron chi connectivity index (χ0n) is 14.0. The topological polar surface area (TPSA) is 78.2 Å². The number of nitrogens with one attached hydrogen (secondary N) is 1. The summed E-state index contributed by atoms with van der Waals surface area (Å²) in [6.07, 6.45) is 0. The summed E-state index contributed by atoms with van der Waals surface area (Å²) in [5.74, 6) is -1.35. The van der Waals surface area contributed by atoms with Gasteiger partial charge in [-0.25, -0.2) is 9.37 Å². The predicted octanol–water partition coefficient (Wildman–Crippen LogP) is 4.64. The molecular formula is C19H12BrFN2O3S. The predicted molar refractivity (Wildman–Crippen MR) is 104 cm³/mol. The molecule has 2 heterocycles. The van der Waals surface area contributed by atoms with E-state index in [1.54, 1.807) is 18.2 Å². The van der Waals surface area contributed by atoms with E-state index in [4.69, 9.17) is 4.42 Å². The minimum absolute atomic E-state index is 0.125. The number of nitrogens with zero attached hydrogens (tertiary/aromatic N) is 1. The molecule has 0 fully saturated rings. The zero-order chi connectivity index (χ0) is 19.1. The Bertz CT molecular complexity index is 1190. The maximum atomic E-state index is 14.0. The van der Waals surface area contributed by atoms with Gasteiger partial charge in [0.25, 0.3) is 0 Å². The molecule has 0 aliphatic heterocycles. The van der Waals surface area contributed by atoms with Crippen LogP contribution in [-0.4, -0.2) is 15.4 Å². The number of hydrogen-bond acceptors (Lipinski definition) is 4. The van der Waals surface area contributed by atoms with Gasteiger partial charge in [0.2, 0.25) is 4.90 Å². The summed E-state index contributed by atoms with van der Waals surface area (Å²) in [5.41, 5.74) is 1.55. The lowest BCUT2D eigenvalue weighted by Gasteiger charge is -2.11. The second-order valence-corrected chi connectivity index (χ2v) is 7.99. The van der Waals surface area contributed by atoms with Crippen molar-refractivity contribution < 1.29 is 18.2 Å². The molecule has 2 aromatic heterocycles. The Morgan fingerprint density at radius 2 is 2.07 bits per heavy atom. The lowest BCUT2D eigenvalue weighted by atomic mass is 10.2. The van der Waals surface area contributed by atoms with Gasteiger partial charge in [0.1, 0.15) is 28.3 Å².